The Hall–Kier alpha value is -3.48. The topological polar surface area (TPSA) is 86.8 Å². The molecule has 7 heteroatoms. The first-order valence-corrected chi connectivity index (χ1v) is 8.60. The number of carbonyl (C=O) groups excluding carboxylic acids is 4. The first-order chi connectivity index (χ1) is 13.0. The second-order valence-electron chi connectivity index (χ2n) is 6.11. The van der Waals surface area contributed by atoms with Crippen molar-refractivity contribution in [2.24, 2.45) is 0 Å². The number of hydrogen-bond donors (Lipinski definition) is 1. The summed E-state index contributed by atoms with van der Waals surface area (Å²) in [4.78, 5) is 50.6. The van der Waals surface area contributed by atoms with Gasteiger partial charge in [0.15, 0.2) is 0 Å². The van der Waals surface area contributed by atoms with Crippen LogP contribution in [0.3, 0.4) is 0 Å². The average molecular weight is 365 g/mol. The summed E-state index contributed by atoms with van der Waals surface area (Å²) in [6.07, 6.45) is 0.724. The summed E-state index contributed by atoms with van der Waals surface area (Å²) >= 11 is 0. The number of carbonyl (C=O) groups is 4. The van der Waals surface area contributed by atoms with Crippen LogP contribution in [-0.4, -0.2) is 40.1 Å². The molecule has 1 aliphatic heterocycles. The monoisotopic (exact) mass is 365 g/mol. The van der Waals surface area contributed by atoms with E-state index < -0.39 is 30.3 Å². The maximum Gasteiger partial charge on any atom is 0.335 e. The molecular formula is C20H19N3O4. The molecule has 0 unspecified atom stereocenters. The fourth-order valence-corrected chi connectivity index (χ4v) is 2.88. The lowest BCUT2D eigenvalue weighted by Crippen LogP contribution is -2.39. The second-order valence-corrected chi connectivity index (χ2v) is 6.11. The van der Waals surface area contributed by atoms with Gasteiger partial charge in [0.25, 0.3) is 0 Å². The number of para-hydroxylation sites is 1. The van der Waals surface area contributed by atoms with Crippen LogP contribution in [0.15, 0.2) is 54.6 Å². The van der Waals surface area contributed by atoms with Gasteiger partial charge in [-0.2, -0.15) is 0 Å². The van der Waals surface area contributed by atoms with Crippen LogP contribution in [0.2, 0.25) is 0 Å². The van der Waals surface area contributed by atoms with Crippen molar-refractivity contribution >= 4 is 29.4 Å². The second kappa shape index (κ2) is 7.82. The van der Waals surface area contributed by atoms with Crippen molar-refractivity contribution in [1.82, 2.24) is 9.80 Å². The van der Waals surface area contributed by atoms with E-state index in [2.05, 4.69) is 5.32 Å². The lowest BCUT2D eigenvalue weighted by molar-refractivity contribution is -0.143. The summed E-state index contributed by atoms with van der Waals surface area (Å²) in [5.41, 5.74) is 2.28. The van der Waals surface area contributed by atoms with E-state index in [0.717, 1.165) is 22.4 Å². The van der Waals surface area contributed by atoms with E-state index in [-0.39, 0.29) is 6.54 Å². The normalized spacial score (nSPS) is 14.0. The molecule has 0 atom stereocenters. The van der Waals surface area contributed by atoms with E-state index in [1.165, 1.54) is 0 Å². The van der Waals surface area contributed by atoms with Gasteiger partial charge in [0.2, 0.25) is 5.91 Å². The zero-order valence-corrected chi connectivity index (χ0v) is 14.8. The molecule has 7 nitrogen and oxygen atoms in total. The first-order valence-electron chi connectivity index (χ1n) is 8.60. The summed E-state index contributed by atoms with van der Waals surface area (Å²) < 4.78 is 0. The molecule has 0 spiro atoms. The van der Waals surface area contributed by atoms with Gasteiger partial charge in [0.05, 0.1) is 6.54 Å². The fourth-order valence-electron chi connectivity index (χ4n) is 2.88. The van der Waals surface area contributed by atoms with Gasteiger partial charge in [-0.3, -0.25) is 19.3 Å². The number of nitrogens with zero attached hydrogens (tertiary/aromatic N) is 2. The maximum atomic E-state index is 12.5. The molecule has 1 N–H and O–H groups in total. The molecule has 3 rings (SSSR count). The molecule has 5 amide bonds. The number of imide groups is 2. The van der Waals surface area contributed by atoms with Gasteiger partial charge in [0, 0.05) is 5.69 Å². The van der Waals surface area contributed by atoms with Crippen LogP contribution < -0.4 is 5.32 Å². The van der Waals surface area contributed by atoms with E-state index in [4.69, 9.17) is 0 Å². The lowest BCUT2D eigenvalue weighted by Gasteiger charge is -2.16. The highest BCUT2D eigenvalue weighted by molar-refractivity contribution is 6.45. The van der Waals surface area contributed by atoms with Gasteiger partial charge in [-0.25, -0.2) is 9.69 Å². The van der Waals surface area contributed by atoms with Crippen LogP contribution in [0.4, 0.5) is 10.5 Å². The van der Waals surface area contributed by atoms with E-state index in [1.807, 2.05) is 25.1 Å². The number of amides is 5. The number of anilines is 1. The summed E-state index contributed by atoms with van der Waals surface area (Å²) in [7, 11) is 0. The minimum Gasteiger partial charge on any atom is -0.324 e. The third-order valence-corrected chi connectivity index (χ3v) is 4.29. The number of hydrogen-bond acceptors (Lipinski definition) is 4. The van der Waals surface area contributed by atoms with E-state index >= 15 is 0 Å². The van der Waals surface area contributed by atoms with Crippen molar-refractivity contribution in [3.05, 3.63) is 65.7 Å². The maximum absolute atomic E-state index is 12.5. The Morgan fingerprint density at radius 1 is 0.889 bits per heavy atom. The Labute approximate surface area is 156 Å². The number of nitrogens with one attached hydrogen (secondary N) is 1. The largest absolute Gasteiger partial charge is 0.335 e. The minimum absolute atomic E-state index is 0.0129. The van der Waals surface area contributed by atoms with Crippen LogP contribution in [0.1, 0.15) is 18.1 Å². The third-order valence-electron chi connectivity index (χ3n) is 4.29. The molecule has 1 fully saturated rings. The molecule has 0 radical (unpaired) electrons. The quantitative estimate of drug-likeness (QED) is 0.628. The molecule has 0 aliphatic carbocycles. The zero-order chi connectivity index (χ0) is 19.4. The highest BCUT2D eigenvalue weighted by Crippen LogP contribution is 2.18. The smallest absolute Gasteiger partial charge is 0.324 e. The van der Waals surface area contributed by atoms with Gasteiger partial charge >= 0.3 is 17.8 Å². The molecule has 1 saturated heterocycles. The average Bonchev–Trinajstić information content (AvgIpc) is 2.87. The number of aryl methyl sites for hydroxylation is 1. The molecule has 0 saturated carbocycles. The lowest BCUT2D eigenvalue weighted by atomic mass is 10.1. The fraction of sp³-hybridized carbons (Fsp3) is 0.200. The molecule has 2 aromatic carbocycles. The van der Waals surface area contributed by atoms with Crippen molar-refractivity contribution < 1.29 is 19.2 Å². The number of urea groups is 1. The van der Waals surface area contributed by atoms with Crippen LogP contribution in [-0.2, 0) is 27.3 Å². The first kappa shape index (κ1) is 18.3. The summed E-state index contributed by atoms with van der Waals surface area (Å²) in [6, 6.07) is 15.4. The Morgan fingerprint density at radius 3 is 2.22 bits per heavy atom. The molecule has 138 valence electrons. The summed E-state index contributed by atoms with van der Waals surface area (Å²) in [5, 5.41) is 2.69. The van der Waals surface area contributed by atoms with Crippen LogP contribution >= 0.6 is 0 Å². The Balaban J connectivity index is 1.69. The highest BCUT2D eigenvalue weighted by atomic mass is 16.2. The molecular weight excluding hydrogens is 346 g/mol. The van der Waals surface area contributed by atoms with E-state index in [9.17, 15) is 19.2 Å². The minimum atomic E-state index is -0.991. The summed E-state index contributed by atoms with van der Waals surface area (Å²) in [6.45, 7) is 1.44. The van der Waals surface area contributed by atoms with E-state index in [0.29, 0.717) is 10.6 Å². The molecule has 1 aliphatic rings. The Bertz CT molecular complexity index is 895. The van der Waals surface area contributed by atoms with Gasteiger partial charge in [-0.05, 0) is 23.6 Å². The standard InChI is InChI=1S/C20H19N3O4/c1-2-15-10-6-7-11-16(15)21-17(24)13-23-19(26)18(25)22(20(23)27)12-14-8-4-3-5-9-14/h3-11H,2,12-13H2,1H3,(H,21,24). The molecule has 1 heterocycles. The zero-order valence-electron chi connectivity index (χ0n) is 14.8. The Kier molecular flexibility index (Phi) is 5.30. The van der Waals surface area contributed by atoms with Crippen molar-refractivity contribution in [3.63, 3.8) is 0 Å². The van der Waals surface area contributed by atoms with Crippen molar-refractivity contribution in [3.8, 4) is 0 Å². The number of benzene rings is 2. The van der Waals surface area contributed by atoms with Gasteiger partial charge in [0.1, 0.15) is 6.54 Å². The molecule has 0 bridgehead atoms. The van der Waals surface area contributed by atoms with Crippen molar-refractivity contribution in [1.29, 1.82) is 0 Å². The van der Waals surface area contributed by atoms with Crippen LogP contribution in [0, 0.1) is 0 Å². The predicted molar refractivity (Wildman–Crippen MR) is 98.6 cm³/mol. The van der Waals surface area contributed by atoms with Gasteiger partial charge in [-0.1, -0.05) is 55.5 Å². The van der Waals surface area contributed by atoms with Crippen LogP contribution in [0.5, 0.6) is 0 Å². The predicted octanol–water partition coefficient (Wildman–Crippen LogP) is 2.18. The van der Waals surface area contributed by atoms with Gasteiger partial charge in [-0.15, -0.1) is 0 Å². The van der Waals surface area contributed by atoms with Crippen LogP contribution in [0.25, 0.3) is 0 Å². The summed E-state index contributed by atoms with van der Waals surface area (Å²) in [5.74, 6) is -2.45. The third kappa shape index (κ3) is 3.87. The molecule has 27 heavy (non-hydrogen) atoms. The van der Waals surface area contributed by atoms with Crippen molar-refractivity contribution in [2.75, 3.05) is 11.9 Å². The highest BCUT2D eigenvalue weighted by Gasteiger charge is 2.45. The number of rotatable bonds is 6. The molecule has 2 aromatic rings. The van der Waals surface area contributed by atoms with E-state index in [1.54, 1.807) is 36.4 Å². The SMILES string of the molecule is CCc1ccccc1NC(=O)CN1C(=O)C(=O)N(Cc2ccccc2)C1=O. The molecule has 0 aromatic heterocycles. The van der Waals surface area contributed by atoms with Crippen molar-refractivity contribution in [2.45, 2.75) is 19.9 Å². The van der Waals surface area contributed by atoms with Gasteiger partial charge < -0.3 is 5.32 Å². The Morgan fingerprint density at radius 2 is 1.52 bits per heavy atom.